The van der Waals surface area contributed by atoms with Crippen molar-refractivity contribution in [3.8, 4) is 0 Å². The monoisotopic (exact) mass is 359 g/mol. The zero-order valence-electron chi connectivity index (χ0n) is 13.0. The van der Waals surface area contributed by atoms with Gasteiger partial charge in [0.15, 0.2) is 0 Å². The van der Waals surface area contributed by atoms with E-state index in [0.29, 0.717) is 5.56 Å². The molecular formula is C15H22ClN3O3S. The van der Waals surface area contributed by atoms with E-state index >= 15 is 0 Å². The van der Waals surface area contributed by atoms with Crippen LogP contribution in [0.2, 0.25) is 0 Å². The average molecular weight is 360 g/mol. The van der Waals surface area contributed by atoms with Gasteiger partial charge in [-0.25, -0.2) is 13.1 Å². The van der Waals surface area contributed by atoms with E-state index in [-0.39, 0.29) is 35.3 Å². The molecule has 1 saturated heterocycles. The van der Waals surface area contributed by atoms with E-state index in [1.165, 1.54) is 12.1 Å². The van der Waals surface area contributed by atoms with Crippen LogP contribution < -0.4 is 10.0 Å². The van der Waals surface area contributed by atoms with E-state index in [1.54, 1.807) is 24.1 Å². The predicted molar refractivity (Wildman–Crippen MR) is 90.4 cm³/mol. The molecule has 0 radical (unpaired) electrons. The highest BCUT2D eigenvalue weighted by molar-refractivity contribution is 7.89. The van der Waals surface area contributed by atoms with Gasteiger partial charge in [-0.15, -0.1) is 12.4 Å². The zero-order valence-corrected chi connectivity index (χ0v) is 14.6. The van der Waals surface area contributed by atoms with Gasteiger partial charge in [0.2, 0.25) is 10.0 Å². The number of halogens is 1. The number of likely N-dealkylation sites (N-methyl/N-ethyl adjacent to an activating group) is 1. The third-order valence-electron chi connectivity index (χ3n) is 4.19. The second-order valence-electron chi connectivity index (χ2n) is 5.99. The maximum atomic E-state index is 12.5. The summed E-state index contributed by atoms with van der Waals surface area (Å²) in [6, 6.07) is 6.49. The fourth-order valence-corrected chi connectivity index (χ4v) is 3.97. The lowest BCUT2D eigenvalue weighted by molar-refractivity contribution is 0.0743. The van der Waals surface area contributed by atoms with E-state index in [2.05, 4.69) is 10.0 Å². The minimum absolute atomic E-state index is 0. The Kier molecular flexibility index (Phi) is 5.67. The third-order valence-corrected chi connectivity index (χ3v) is 5.71. The van der Waals surface area contributed by atoms with Crippen molar-refractivity contribution in [2.24, 2.45) is 0 Å². The van der Waals surface area contributed by atoms with Crippen molar-refractivity contribution in [2.45, 2.75) is 36.2 Å². The Morgan fingerprint density at radius 2 is 2.04 bits per heavy atom. The summed E-state index contributed by atoms with van der Waals surface area (Å²) in [7, 11) is -1.76. The highest BCUT2D eigenvalue weighted by Gasteiger charge is 2.29. The van der Waals surface area contributed by atoms with Crippen molar-refractivity contribution in [2.75, 3.05) is 20.1 Å². The number of rotatable bonds is 5. The molecule has 0 spiro atoms. The number of carbonyl (C=O) groups is 1. The molecule has 1 aliphatic carbocycles. The maximum absolute atomic E-state index is 12.5. The van der Waals surface area contributed by atoms with Crippen molar-refractivity contribution in [3.63, 3.8) is 0 Å². The summed E-state index contributed by atoms with van der Waals surface area (Å²) in [4.78, 5) is 14.4. The number of carbonyl (C=O) groups excluding carboxylic acids is 1. The SMILES string of the molecule is CN(C(=O)c1cccc(S(=O)(=O)NC2CC2)c1)C1CCNC1.Cl. The second kappa shape index (κ2) is 7.17. The summed E-state index contributed by atoms with van der Waals surface area (Å²) in [6.45, 7) is 1.69. The Morgan fingerprint density at radius 3 is 2.65 bits per heavy atom. The Hall–Kier alpha value is -1.15. The molecule has 128 valence electrons. The maximum Gasteiger partial charge on any atom is 0.253 e. The fourth-order valence-electron chi connectivity index (χ4n) is 2.62. The minimum atomic E-state index is -3.53. The summed E-state index contributed by atoms with van der Waals surface area (Å²) < 4.78 is 27.1. The molecule has 3 rings (SSSR count). The molecule has 1 amide bonds. The van der Waals surface area contributed by atoms with Gasteiger partial charge in [-0.3, -0.25) is 4.79 Å². The largest absolute Gasteiger partial charge is 0.337 e. The molecule has 0 aromatic heterocycles. The molecule has 1 aromatic carbocycles. The van der Waals surface area contributed by atoms with Gasteiger partial charge in [-0.1, -0.05) is 6.07 Å². The molecule has 23 heavy (non-hydrogen) atoms. The molecule has 1 atom stereocenters. The number of sulfonamides is 1. The van der Waals surface area contributed by atoms with Crippen LogP contribution in [0.3, 0.4) is 0 Å². The van der Waals surface area contributed by atoms with Crippen molar-refractivity contribution in [1.82, 2.24) is 14.9 Å². The molecule has 2 N–H and O–H groups in total. The highest BCUT2D eigenvalue weighted by Crippen LogP contribution is 2.23. The second-order valence-corrected chi connectivity index (χ2v) is 7.70. The minimum Gasteiger partial charge on any atom is -0.337 e. The van der Waals surface area contributed by atoms with Gasteiger partial charge in [0.25, 0.3) is 5.91 Å². The van der Waals surface area contributed by atoms with Crippen LogP contribution in [0.4, 0.5) is 0 Å². The molecule has 1 aliphatic heterocycles. The van der Waals surface area contributed by atoms with Gasteiger partial charge in [0.05, 0.1) is 4.90 Å². The standard InChI is InChI=1S/C15H21N3O3S.ClH/c1-18(13-7-8-16-10-13)15(19)11-3-2-4-14(9-11)22(20,21)17-12-5-6-12;/h2-4,9,12-13,16-17H,5-8,10H2,1H3;1H. The lowest BCUT2D eigenvalue weighted by atomic mass is 10.1. The number of nitrogens with zero attached hydrogens (tertiary/aromatic N) is 1. The number of nitrogens with one attached hydrogen (secondary N) is 2. The van der Waals surface area contributed by atoms with E-state index in [1.807, 2.05) is 0 Å². The molecule has 6 nitrogen and oxygen atoms in total. The van der Waals surface area contributed by atoms with E-state index < -0.39 is 10.0 Å². The van der Waals surface area contributed by atoms with E-state index in [0.717, 1.165) is 32.4 Å². The van der Waals surface area contributed by atoms with Crippen LogP contribution in [-0.2, 0) is 10.0 Å². The summed E-state index contributed by atoms with van der Waals surface area (Å²) in [5, 5.41) is 3.22. The normalized spacial score (nSPS) is 20.8. The number of hydrogen-bond acceptors (Lipinski definition) is 4. The van der Waals surface area contributed by atoms with E-state index in [9.17, 15) is 13.2 Å². The predicted octanol–water partition coefficient (Wildman–Crippen LogP) is 0.983. The molecule has 1 unspecified atom stereocenters. The molecular weight excluding hydrogens is 338 g/mol. The first-order valence-electron chi connectivity index (χ1n) is 7.57. The quantitative estimate of drug-likeness (QED) is 0.821. The average Bonchev–Trinajstić information content (AvgIpc) is 3.14. The molecule has 2 aliphatic rings. The van der Waals surface area contributed by atoms with Crippen molar-refractivity contribution in [3.05, 3.63) is 29.8 Å². The third kappa shape index (κ3) is 4.23. The van der Waals surface area contributed by atoms with Crippen LogP contribution in [-0.4, -0.2) is 51.4 Å². The summed E-state index contributed by atoms with van der Waals surface area (Å²) in [5.41, 5.74) is 0.410. The van der Waals surface area contributed by atoms with Crippen LogP contribution in [0.25, 0.3) is 0 Å². The first kappa shape index (κ1) is 18.2. The highest BCUT2D eigenvalue weighted by atomic mass is 35.5. The zero-order chi connectivity index (χ0) is 15.7. The number of amides is 1. The lowest BCUT2D eigenvalue weighted by Crippen LogP contribution is -2.38. The van der Waals surface area contributed by atoms with Crippen LogP contribution in [0.1, 0.15) is 29.6 Å². The summed E-state index contributed by atoms with van der Waals surface area (Å²) in [6.07, 6.45) is 2.69. The smallest absolute Gasteiger partial charge is 0.253 e. The Labute approximate surface area is 143 Å². The molecule has 1 heterocycles. The van der Waals surface area contributed by atoms with Gasteiger partial charge < -0.3 is 10.2 Å². The van der Waals surface area contributed by atoms with Gasteiger partial charge in [0.1, 0.15) is 0 Å². The first-order chi connectivity index (χ1) is 10.5. The van der Waals surface area contributed by atoms with Crippen molar-refractivity contribution in [1.29, 1.82) is 0 Å². The van der Waals surface area contributed by atoms with Crippen LogP contribution in [0, 0.1) is 0 Å². The summed E-state index contributed by atoms with van der Waals surface area (Å²) >= 11 is 0. The molecule has 1 aromatic rings. The first-order valence-corrected chi connectivity index (χ1v) is 9.06. The van der Waals surface area contributed by atoms with Crippen molar-refractivity contribution >= 4 is 28.3 Å². The molecule has 0 bridgehead atoms. The number of benzene rings is 1. The van der Waals surface area contributed by atoms with Gasteiger partial charge >= 0.3 is 0 Å². The van der Waals surface area contributed by atoms with Crippen LogP contribution in [0.5, 0.6) is 0 Å². The number of hydrogen-bond donors (Lipinski definition) is 2. The molecule has 8 heteroatoms. The lowest BCUT2D eigenvalue weighted by Gasteiger charge is -2.24. The fraction of sp³-hybridized carbons (Fsp3) is 0.533. The van der Waals surface area contributed by atoms with Crippen LogP contribution >= 0.6 is 12.4 Å². The topological polar surface area (TPSA) is 78.5 Å². The van der Waals surface area contributed by atoms with Crippen molar-refractivity contribution < 1.29 is 13.2 Å². The van der Waals surface area contributed by atoms with Gasteiger partial charge in [-0.2, -0.15) is 0 Å². The molecule has 2 fully saturated rings. The van der Waals surface area contributed by atoms with E-state index in [4.69, 9.17) is 0 Å². The summed E-state index contributed by atoms with van der Waals surface area (Å²) in [5.74, 6) is -0.142. The van der Waals surface area contributed by atoms with Crippen LogP contribution in [0.15, 0.2) is 29.2 Å². The molecule has 1 saturated carbocycles. The van der Waals surface area contributed by atoms with Gasteiger partial charge in [-0.05, 0) is 44.0 Å². The van der Waals surface area contributed by atoms with Gasteiger partial charge in [0, 0.05) is 31.2 Å². The Balaban J connectivity index is 0.00000192. The Bertz CT molecular complexity index is 670. The Morgan fingerprint density at radius 1 is 1.30 bits per heavy atom.